The predicted octanol–water partition coefficient (Wildman–Crippen LogP) is 2.10. The summed E-state index contributed by atoms with van der Waals surface area (Å²) in [6.45, 7) is 2.37. The van der Waals surface area contributed by atoms with E-state index >= 15 is 0 Å². The Labute approximate surface area is 203 Å². The summed E-state index contributed by atoms with van der Waals surface area (Å²) in [5, 5.41) is 0.637. The molecule has 0 spiro atoms. The zero-order chi connectivity index (χ0) is 25.0. The molecule has 0 radical (unpaired) electrons. The number of nitrogens with zero attached hydrogens (tertiary/aromatic N) is 2. The largest absolute Gasteiger partial charge is 0.459 e. The van der Waals surface area contributed by atoms with Gasteiger partial charge in [-0.05, 0) is 42.8 Å². The number of hydrogen-bond donors (Lipinski definition) is 1. The van der Waals surface area contributed by atoms with Crippen molar-refractivity contribution in [1.29, 1.82) is 0 Å². The van der Waals surface area contributed by atoms with E-state index in [1.807, 2.05) is 0 Å². The van der Waals surface area contributed by atoms with Crippen molar-refractivity contribution in [3.05, 3.63) is 89.9 Å². The number of carbonyl (C=O) groups excluding carboxylic acids is 3. The lowest BCUT2D eigenvalue weighted by Gasteiger charge is -2.36. The van der Waals surface area contributed by atoms with Gasteiger partial charge in [-0.25, -0.2) is 8.42 Å². The van der Waals surface area contributed by atoms with Crippen LogP contribution in [0.15, 0.2) is 82.3 Å². The summed E-state index contributed by atoms with van der Waals surface area (Å²) < 4.78 is 32.1. The smallest absolute Gasteiger partial charge is 0.289 e. The standard InChI is InChI=1S/C25H25N3O6S/c1-18-8-5-6-11-20(18)22(29)26-23(35(32,33)19-9-3-2-4-10-19)25(31)28-15-13-27(14-16-28)24(30)21-12-7-17-34-21/h2-12,17,23H,13-16H2,1H3,(H,26,29). The number of aryl methyl sites for hydroxylation is 1. The highest BCUT2D eigenvalue weighted by Gasteiger charge is 2.39. The second-order valence-electron chi connectivity index (χ2n) is 8.12. The van der Waals surface area contributed by atoms with E-state index in [0.717, 1.165) is 0 Å². The molecule has 0 bridgehead atoms. The number of furan rings is 1. The van der Waals surface area contributed by atoms with Crippen molar-refractivity contribution >= 4 is 27.6 Å². The third-order valence-corrected chi connectivity index (χ3v) is 7.74. The SMILES string of the molecule is Cc1ccccc1C(=O)NC(C(=O)N1CCN(C(=O)c2ccco2)CC1)S(=O)(=O)c1ccccc1. The Bertz CT molecular complexity index is 1310. The van der Waals surface area contributed by atoms with Gasteiger partial charge in [0.1, 0.15) is 0 Å². The van der Waals surface area contributed by atoms with Crippen molar-refractivity contribution in [2.24, 2.45) is 0 Å². The number of rotatable bonds is 6. The molecule has 2 aromatic carbocycles. The van der Waals surface area contributed by atoms with Crippen molar-refractivity contribution < 1.29 is 27.2 Å². The minimum atomic E-state index is -4.25. The van der Waals surface area contributed by atoms with Gasteiger partial charge in [-0.1, -0.05) is 36.4 Å². The fraction of sp³-hybridized carbons (Fsp3) is 0.240. The van der Waals surface area contributed by atoms with Crippen molar-refractivity contribution in [2.75, 3.05) is 26.2 Å². The number of carbonyl (C=O) groups is 3. The van der Waals surface area contributed by atoms with Gasteiger partial charge in [-0.3, -0.25) is 14.4 Å². The van der Waals surface area contributed by atoms with Crippen LogP contribution >= 0.6 is 0 Å². The molecular formula is C25H25N3O6S. The van der Waals surface area contributed by atoms with E-state index < -0.39 is 27.0 Å². The van der Waals surface area contributed by atoms with Gasteiger partial charge in [0.05, 0.1) is 11.2 Å². The third-order valence-electron chi connectivity index (χ3n) is 5.87. The van der Waals surface area contributed by atoms with Gasteiger partial charge >= 0.3 is 0 Å². The van der Waals surface area contributed by atoms with Crippen LogP contribution < -0.4 is 5.32 Å². The monoisotopic (exact) mass is 495 g/mol. The normalized spacial score (nSPS) is 14.9. The molecule has 1 unspecified atom stereocenters. The molecule has 2 heterocycles. The quantitative estimate of drug-likeness (QED) is 0.560. The van der Waals surface area contributed by atoms with Gasteiger partial charge in [0.2, 0.25) is 15.2 Å². The summed E-state index contributed by atoms with van der Waals surface area (Å²) in [7, 11) is -4.25. The minimum Gasteiger partial charge on any atom is -0.459 e. The number of amides is 3. The molecule has 4 rings (SSSR count). The Morgan fingerprint density at radius 1 is 0.857 bits per heavy atom. The Morgan fingerprint density at radius 3 is 2.11 bits per heavy atom. The maximum atomic E-state index is 13.5. The highest BCUT2D eigenvalue weighted by atomic mass is 32.2. The van der Waals surface area contributed by atoms with E-state index in [0.29, 0.717) is 5.56 Å². The van der Waals surface area contributed by atoms with E-state index in [1.54, 1.807) is 61.5 Å². The lowest BCUT2D eigenvalue weighted by molar-refractivity contribution is -0.132. The molecule has 182 valence electrons. The first-order valence-corrected chi connectivity index (χ1v) is 12.6. The molecule has 3 aromatic rings. The first-order valence-electron chi connectivity index (χ1n) is 11.1. The number of sulfone groups is 1. The van der Waals surface area contributed by atoms with Crippen LogP contribution in [0.25, 0.3) is 0 Å². The molecule has 10 heteroatoms. The highest BCUT2D eigenvalue weighted by molar-refractivity contribution is 7.92. The van der Waals surface area contributed by atoms with Crippen molar-refractivity contribution in [3.63, 3.8) is 0 Å². The Balaban J connectivity index is 1.56. The van der Waals surface area contributed by atoms with E-state index in [4.69, 9.17) is 4.42 Å². The van der Waals surface area contributed by atoms with Crippen LogP contribution in [-0.2, 0) is 14.6 Å². The van der Waals surface area contributed by atoms with Crippen LogP contribution in [-0.4, -0.2) is 67.5 Å². The summed E-state index contributed by atoms with van der Waals surface area (Å²) in [6, 6.07) is 17.4. The highest BCUT2D eigenvalue weighted by Crippen LogP contribution is 2.19. The number of nitrogens with one attached hydrogen (secondary N) is 1. The molecule has 9 nitrogen and oxygen atoms in total. The van der Waals surface area contributed by atoms with Gasteiger partial charge < -0.3 is 19.5 Å². The second-order valence-corrected chi connectivity index (χ2v) is 10.2. The molecule has 1 saturated heterocycles. The maximum Gasteiger partial charge on any atom is 0.289 e. The fourth-order valence-electron chi connectivity index (χ4n) is 3.89. The molecule has 0 saturated carbocycles. The van der Waals surface area contributed by atoms with Crippen LogP contribution in [0.5, 0.6) is 0 Å². The Kier molecular flexibility index (Phi) is 7.02. The van der Waals surface area contributed by atoms with E-state index in [9.17, 15) is 22.8 Å². The van der Waals surface area contributed by atoms with Crippen LogP contribution in [0, 0.1) is 6.92 Å². The summed E-state index contributed by atoms with van der Waals surface area (Å²) in [5.74, 6) is -1.52. The molecule has 1 aliphatic heterocycles. The summed E-state index contributed by atoms with van der Waals surface area (Å²) in [5.41, 5.74) is 0.931. The van der Waals surface area contributed by atoms with Gasteiger partial charge in [0.25, 0.3) is 17.7 Å². The molecular weight excluding hydrogens is 470 g/mol. The maximum absolute atomic E-state index is 13.5. The van der Waals surface area contributed by atoms with Crippen LogP contribution in [0.2, 0.25) is 0 Å². The minimum absolute atomic E-state index is 0.0740. The molecule has 0 aliphatic carbocycles. The van der Waals surface area contributed by atoms with Gasteiger partial charge in [0, 0.05) is 31.7 Å². The van der Waals surface area contributed by atoms with Gasteiger partial charge in [-0.15, -0.1) is 0 Å². The van der Waals surface area contributed by atoms with Crippen molar-refractivity contribution in [3.8, 4) is 0 Å². The zero-order valence-corrected chi connectivity index (χ0v) is 19.9. The summed E-state index contributed by atoms with van der Waals surface area (Å²) in [6.07, 6.45) is 1.41. The van der Waals surface area contributed by atoms with Gasteiger partial charge in [-0.2, -0.15) is 0 Å². The average molecular weight is 496 g/mol. The fourth-order valence-corrected chi connectivity index (χ4v) is 5.38. The Morgan fingerprint density at radius 2 is 1.49 bits per heavy atom. The van der Waals surface area contributed by atoms with Crippen LogP contribution in [0.4, 0.5) is 0 Å². The number of benzene rings is 2. The first kappa shape index (κ1) is 24.2. The van der Waals surface area contributed by atoms with Crippen molar-refractivity contribution in [2.45, 2.75) is 17.2 Å². The first-order chi connectivity index (χ1) is 16.8. The zero-order valence-electron chi connectivity index (χ0n) is 19.1. The molecule has 3 amide bonds. The summed E-state index contributed by atoms with van der Waals surface area (Å²) in [4.78, 5) is 41.8. The van der Waals surface area contributed by atoms with Crippen LogP contribution in [0.1, 0.15) is 26.5 Å². The molecule has 1 fully saturated rings. The molecule has 1 aliphatic rings. The van der Waals surface area contributed by atoms with E-state index in [-0.39, 0.29) is 48.3 Å². The van der Waals surface area contributed by atoms with Gasteiger partial charge in [0.15, 0.2) is 5.76 Å². The van der Waals surface area contributed by atoms with Crippen molar-refractivity contribution in [1.82, 2.24) is 15.1 Å². The topological polar surface area (TPSA) is 117 Å². The Hall–Kier alpha value is -3.92. The molecule has 35 heavy (non-hydrogen) atoms. The van der Waals surface area contributed by atoms with E-state index in [1.165, 1.54) is 28.2 Å². The predicted molar refractivity (Wildman–Crippen MR) is 127 cm³/mol. The average Bonchev–Trinajstić information content (AvgIpc) is 3.42. The summed E-state index contributed by atoms with van der Waals surface area (Å²) >= 11 is 0. The third kappa shape index (κ3) is 5.12. The second kappa shape index (κ2) is 10.1. The van der Waals surface area contributed by atoms with Crippen LogP contribution in [0.3, 0.4) is 0 Å². The lowest BCUT2D eigenvalue weighted by Crippen LogP contribution is -2.57. The molecule has 1 aromatic heterocycles. The molecule has 1 atom stereocenters. The van der Waals surface area contributed by atoms with E-state index in [2.05, 4.69) is 5.32 Å². The molecule has 1 N–H and O–H groups in total. The number of hydrogen-bond acceptors (Lipinski definition) is 6. The number of piperazine rings is 1. The lowest BCUT2D eigenvalue weighted by atomic mass is 10.1.